The standard InChI is InChI=1S/C18H28Cl2N4O.HI/c1-6-21-17(23-10-9-22-16(25)18(3,4)5)24-12(2)13-7-8-14(19)15(20)11-13;/h7-8,11-12H,6,9-10H2,1-5H3,(H,22,25)(H2,21,23,24);1H. The SMILES string of the molecule is CCNC(=NCCNC(=O)C(C)(C)C)NC(C)c1ccc(Cl)c(Cl)c1.I. The maximum absolute atomic E-state index is 11.8. The summed E-state index contributed by atoms with van der Waals surface area (Å²) in [7, 11) is 0. The zero-order valence-electron chi connectivity index (χ0n) is 16.0. The highest BCUT2D eigenvalue weighted by molar-refractivity contribution is 14.0. The minimum absolute atomic E-state index is 0. The molecule has 1 unspecified atom stereocenters. The van der Waals surface area contributed by atoms with Gasteiger partial charge in [0.15, 0.2) is 5.96 Å². The third-order valence-corrected chi connectivity index (χ3v) is 4.23. The number of rotatable bonds is 6. The van der Waals surface area contributed by atoms with Crippen LogP contribution in [0.4, 0.5) is 0 Å². The van der Waals surface area contributed by atoms with E-state index in [-0.39, 0.29) is 35.9 Å². The summed E-state index contributed by atoms with van der Waals surface area (Å²) < 4.78 is 0. The van der Waals surface area contributed by atoms with Gasteiger partial charge in [-0.3, -0.25) is 9.79 Å². The molecule has 0 fully saturated rings. The third kappa shape index (κ3) is 8.77. The summed E-state index contributed by atoms with van der Waals surface area (Å²) in [5.74, 6) is 0.705. The molecule has 26 heavy (non-hydrogen) atoms. The van der Waals surface area contributed by atoms with Crippen molar-refractivity contribution in [1.82, 2.24) is 16.0 Å². The van der Waals surface area contributed by atoms with Crippen molar-refractivity contribution in [2.24, 2.45) is 10.4 Å². The number of benzene rings is 1. The van der Waals surface area contributed by atoms with Crippen molar-refractivity contribution in [1.29, 1.82) is 0 Å². The Bertz CT molecular complexity index is 618. The van der Waals surface area contributed by atoms with Crippen LogP contribution >= 0.6 is 47.2 Å². The molecule has 0 saturated carbocycles. The summed E-state index contributed by atoms with van der Waals surface area (Å²) in [5, 5.41) is 10.5. The van der Waals surface area contributed by atoms with Gasteiger partial charge in [0.25, 0.3) is 0 Å². The second-order valence-corrected chi connectivity index (χ2v) is 7.62. The van der Waals surface area contributed by atoms with Crippen molar-refractivity contribution in [2.75, 3.05) is 19.6 Å². The number of nitrogens with one attached hydrogen (secondary N) is 3. The molecule has 1 rings (SSSR count). The molecule has 0 heterocycles. The number of halogens is 3. The van der Waals surface area contributed by atoms with Crippen molar-refractivity contribution < 1.29 is 4.79 Å². The Kier molecular flexibility index (Phi) is 11.5. The van der Waals surface area contributed by atoms with Crippen LogP contribution in [-0.2, 0) is 4.79 Å². The second-order valence-electron chi connectivity index (χ2n) is 6.81. The maximum atomic E-state index is 11.8. The van der Waals surface area contributed by atoms with E-state index < -0.39 is 5.41 Å². The lowest BCUT2D eigenvalue weighted by molar-refractivity contribution is -0.128. The van der Waals surface area contributed by atoms with Crippen LogP contribution in [0, 0.1) is 5.41 Å². The molecule has 0 spiro atoms. The van der Waals surface area contributed by atoms with Gasteiger partial charge in [0, 0.05) is 18.5 Å². The number of aliphatic imine (C=N–C) groups is 1. The van der Waals surface area contributed by atoms with Crippen LogP contribution in [-0.4, -0.2) is 31.5 Å². The average Bonchev–Trinajstić information content (AvgIpc) is 2.52. The van der Waals surface area contributed by atoms with Gasteiger partial charge < -0.3 is 16.0 Å². The Morgan fingerprint density at radius 3 is 2.38 bits per heavy atom. The number of carbonyl (C=O) groups is 1. The first kappa shape index (κ1) is 25.3. The maximum Gasteiger partial charge on any atom is 0.225 e. The highest BCUT2D eigenvalue weighted by Crippen LogP contribution is 2.25. The Hall–Kier alpha value is -0.730. The fourth-order valence-electron chi connectivity index (χ4n) is 1.99. The lowest BCUT2D eigenvalue weighted by atomic mass is 9.96. The van der Waals surface area contributed by atoms with Gasteiger partial charge >= 0.3 is 0 Å². The normalized spacial score (nSPS) is 12.8. The molecular weight excluding hydrogens is 486 g/mol. The largest absolute Gasteiger partial charge is 0.357 e. The first-order valence-electron chi connectivity index (χ1n) is 8.43. The predicted octanol–water partition coefficient (Wildman–Crippen LogP) is 4.39. The van der Waals surface area contributed by atoms with Crippen molar-refractivity contribution in [3.8, 4) is 0 Å². The van der Waals surface area contributed by atoms with Gasteiger partial charge in [0.05, 0.1) is 22.6 Å². The van der Waals surface area contributed by atoms with Crippen LogP contribution in [0.1, 0.15) is 46.2 Å². The van der Waals surface area contributed by atoms with Gasteiger partial charge in [-0.1, -0.05) is 50.0 Å². The van der Waals surface area contributed by atoms with Gasteiger partial charge in [-0.2, -0.15) is 0 Å². The number of nitrogens with zero attached hydrogens (tertiary/aromatic N) is 1. The molecule has 0 aliphatic rings. The van der Waals surface area contributed by atoms with Crippen LogP contribution < -0.4 is 16.0 Å². The molecule has 0 aromatic heterocycles. The lowest BCUT2D eigenvalue weighted by Crippen LogP contribution is -2.40. The van der Waals surface area contributed by atoms with Crippen molar-refractivity contribution >= 4 is 59.0 Å². The van der Waals surface area contributed by atoms with Crippen molar-refractivity contribution in [3.63, 3.8) is 0 Å². The van der Waals surface area contributed by atoms with Crippen molar-refractivity contribution in [2.45, 2.75) is 40.7 Å². The Balaban J connectivity index is 0.00000625. The minimum Gasteiger partial charge on any atom is -0.357 e. The smallest absolute Gasteiger partial charge is 0.225 e. The molecule has 5 nitrogen and oxygen atoms in total. The van der Waals surface area contributed by atoms with Crippen LogP contribution in [0.2, 0.25) is 10.0 Å². The molecule has 0 saturated heterocycles. The van der Waals surface area contributed by atoms with E-state index in [0.717, 1.165) is 12.1 Å². The molecule has 8 heteroatoms. The Morgan fingerprint density at radius 1 is 1.19 bits per heavy atom. The number of hydrogen-bond donors (Lipinski definition) is 3. The molecular formula is C18H29Cl2IN4O. The number of carbonyl (C=O) groups excluding carboxylic acids is 1. The summed E-state index contributed by atoms with van der Waals surface area (Å²) >= 11 is 12.0. The molecule has 1 amide bonds. The summed E-state index contributed by atoms with van der Waals surface area (Å²) in [6, 6.07) is 5.56. The molecule has 1 aromatic carbocycles. The van der Waals surface area contributed by atoms with E-state index in [0.29, 0.717) is 29.1 Å². The Morgan fingerprint density at radius 2 is 1.85 bits per heavy atom. The highest BCUT2D eigenvalue weighted by atomic mass is 127. The van der Waals surface area contributed by atoms with Gasteiger partial charge in [-0.25, -0.2) is 0 Å². The van der Waals surface area contributed by atoms with Gasteiger partial charge in [0.1, 0.15) is 0 Å². The van der Waals surface area contributed by atoms with E-state index in [1.807, 2.05) is 46.8 Å². The summed E-state index contributed by atoms with van der Waals surface area (Å²) in [6.45, 7) is 11.4. The van der Waals surface area contributed by atoms with Crippen molar-refractivity contribution in [3.05, 3.63) is 33.8 Å². The lowest BCUT2D eigenvalue weighted by Gasteiger charge is -2.19. The monoisotopic (exact) mass is 514 g/mol. The predicted molar refractivity (Wildman–Crippen MR) is 122 cm³/mol. The fourth-order valence-corrected chi connectivity index (χ4v) is 2.30. The molecule has 0 aliphatic carbocycles. The van der Waals surface area contributed by atoms with Gasteiger partial charge in [-0.05, 0) is 31.5 Å². The van der Waals surface area contributed by atoms with Crippen LogP contribution in [0.25, 0.3) is 0 Å². The molecule has 148 valence electrons. The first-order valence-corrected chi connectivity index (χ1v) is 9.18. The summed E-state index contributed by atoms with van der Waals surface area (Å²) in [4.78, 5) is 16.3. The summed E-state index contributed by atoms with van der Waals surface area (Å²) in [5.41, 5.74) is 0.621. The van der Waals surface area contributed by atoms with Gasteiger partial charge in [-0.15, -0.1) is 24.0 Å². The molecule has 1 aromatic rings. The number of guanidine groups is 1. The minimum atomic E-state index is -0.394. The van der Waals surface area contributed by atoms with E-state index in [1.54, 1.807) is 6.07 Å². The zero-order valence-corrected chi connectivity index (χ0v) is 19.8. The third-order valence-electron chi connectivity index (χ3n) is 3.49. The molecule has 0 radical (unpaired) electrons. The summed E-state index contributed by atoms with van der Waals surface area (Å²) in [6.07, 6.45) is 0. The molecule has 0 aliphatic heterocycles. The zero-order chi connectivity index (χ0) is 19.0. The number of amides is 1. The quantitative estimate of drug-likeness (QED) is 0.228. The topological polar surface area (TPSA) is 65.5 Å². The molecule has 0 bridgehead atoms. The average molecular weight is 515 g/mol. The van der Waals surface area contributed by atoms with Crippen LogP contribution in [0.15, 0.2) is 23.2 Å². The molecule has 1 atom stereocenters. The first-order chi connectivity index (χ1) is 11.6. The second kappa shape index (κ2) is 11.9. The van der Waals surface area contributed by atoms with Crippen LogP contribution in [0.5, 0.6) is 0 Å². The van der Waals surface area contributed by atoms with E-state index in [4.69, 9.17) is 23.2 Å². The Labute approximate surface area is 183 Å². The van der Waals surface area contributed by atoms with Gasteiger partial charge in [0.2, 0.25) is 5.91 Å². The highest BCUT2D eigenvalue weighted by Gasteiger charge is 2.20. The van der Waals surface area contributed by atoms with E-state index >= 15 is 0 Å². The van der Waals surface area contributed by atoms with E-state index in [2.05, 4.69) is 20.9 Å². The van der Waals surface area contributed by atoms with E-state index in [9.17, 15) is 4.79 Å². The van der Waals surface area contributed by atoms with Crippen LogP contribution in [0.3, 0.4) is 0 Å². The van der Waals surface area contributed by atoms with E-state index in [1.165, 1.54) is 0 Å². The fraction of sp³-hybridized carbons (Fsp3) is 0.556. The molecule has 3 N–H and O–H groups in total. The number of hydrogen-bond acceptors (Lipinski definition) is 2.